The standard InChI is InChI=1S/C11H19NO/c12-10-13-9-5-4-8-11-6-2-1-3-7-11/h11H,1-9H2. The predicted octanol–water partition coefficient (Wildman–Crippen LogP) is 3.23. The molecule has 74 valence electrons. The van der Waals surface area contributed by atoms with Crippen LogP contribution in [0.1, 0.15) is 51.4 Å². The van der Waals surface area contributed by atoms with Crippen LogP contribution in [0.3, 0.4) is 0 Å². The van der Waals surface area contributed by atoms with Crippen molar-refractivity contribution in [1.82, 2.24) is 0 Å². The molecular weight excluding hydrogens is 162 g/mol. The Morgan fingerprint density at radius 3 is 2.62 bits per heavy atom. The summed E-state index contributed by atoms with van der Waals surface area (Å²) in [6.45, 7) is 0.614. The molecule has 0 atom stereocenters. The Morgan fingerprint density at radius 1 is 1.15 bits per heavy atom. The van der Waals surface area contributed by atoms with Gasteiger partial charge >= 0.3 is 0 Å². The number of rotatable bonds is 5. The Bertz CT molecular complexity index is 156. The Kier molecular flexibility index (Phi) is 5.40. The predicted molar refractivity (Wildman–Crippen MR) is 52.0 cm³/mol. The zero-order valence-electron chi connectivity index (χ0n) is 8.30. The first-order valence-electron chi connectivity index (χ1n) is 5.44. The van der Waals surface area contributed by atoms with E-state index in [1.165, 1.54) is 44.9 Å². The smallest absolute Gasteiger partial charge is 0.286 e. The van der Waals surface area contributed by atoms with E-state index >= 15 is 0 Å². The summed E-state index contributed by atoms with van der Waals surface area (Å²) < 4.78 is 4.63. The van der Waals surface area contributed by atoms with Crippen LogP contribution < -0.4 is 0 Å². The molecule has 0 bridgehead atoms. The molecule has 1 saturated carbocycles. The second-order valence-corrected chi connectivity index (χ2v) is 3.94. The first-order chi connectivity index (χ1) is 6.43. The summed E-state index contributed by atoms with van der Waals surface area (Å²) in [6.07, 6.45) is 12.5. The van der Waals surface area contributed by atoms with Crippen LogP contribution in [-0.4, -0.2) is 6.61 Å². The summed E-state index contributed by atoms with van der Waals surface area (Å²) in [5.41, 5.74) is 0. The number of hydrogen-bond acceptors (Lipinski definition) is 2. The zero-order valence-corrected chi connectivity index (χ0v) is 8.30. The van der Waals surface area contributed by atoms with Crippen LogP contribution >= 0.6 is 0 Å². The lowest BCUT2D eigenvalue weighted by Gasteiger charge is -2.20. The molecule has 0 amide bonds. The van der Waals surface area contributed by atoms with Gasteiger partial charge in [0.2, 0.25) is 0 Å². The van der Waals surface area contributed by atoms with Gasteiger partial charge in [0.15, 0.2) is 0 Å². The molecule has 0 aromatic heterocycles. The topological polar surface area (TPSA) is 33.0 Å². The third kappa shape index (κ3) is 4.77. The highest BCUT2D eigenvalue weighted by atomic mass is 16.5. The maximum Gasteiger partial charge on any atom is 0.286 e. The van der Waals surface area contributed by atoms with Gasteiger partial charge in [0.05, 0.1) is 0 Å². The molecule has 0 radical (unpaired) electrons. The van der Waals surface area contributed by atoms with Gasteiger partial charge in [-0.25, -0.2) is 0 Å². The number of nitrogens with zero attached hydrogens (tertiary/aromatic N) is 1. The maximum absolute atomic E-state index is 8.14. The minimum absolute atomic E-state index is 0.614. The van der Waals surface area contributed by atoms with Crippen LogP contribution in [0.15, 0.2) is 0 Å². The lowest BCUT2D eigenvalue weighted by Crippen LogP contribution is -2.06. The Morgan fingerprint density at radius 2 is 1.92 bits per heavy atom. The Labute approximate surface area is 80.9 Å². The summed E-state index contributed by atoms with van der Waals surface area (Å²) in [5, 5.41) is 8.14. The highest BCUT2D eigenvalue weighted by Crippen LogP contribution is 2.27. The third-order valence-electron chi connectivity index (χ3n) is 2.90. The molecule has 0 aromatic carbocycles. The molecule has 1 fully saturated rings. The van der Waals surface area contributed by atoms with Gasteiger partial charge in [0.25, 0.3) is 6.26 Å². The van der Waals surface area contributed by atoms with E-state index in [2.05, 4.69) is 4.74 Å². The monoisotopic (exact) mass is 181 g/mol. The van der Waals surface area contributed by atoms with Crippen molar-refractivity contribution in [1.29, 1.82) is 5.26 Å². The van der Waals surface area contributed by atoms with E-state index < -0.39 is 0 Å². The lowest BCUT2D eigenvalue weighted by atomic mass is 9.86. The normalized spacial score (nSPS) is 18.1. The van der Waals surface area contributed by atoms with Crippen LogP contribution in [0.2, 0.25) is 0 Å². The van der Waals surface area contributed by atoms with Crippen molar-refractivity contribution in [3.05, 3.63) is 0 Å². The Balaban J connectivity index is 1.90. The maximum atomic E-state index is 8.14. The molecule has 1 aliphatic carbocycles. The third-order valence-corrected chi connectivity index (χ3v) is 2.90. The fourth-order valence-corrected chi connectivity index (χ4v) is 2.13. The molecule has 1 rings (SSSR count). The number of hydrogen-bond donors (Lipinski definition) is 0. The van der Waals surface area contributed by atoms with E-state index in [9.17, 15) is 0 Å². The van der Waals surface area contributed by atoms with Crippen LogP contribution in [0.5, 0.6) is 0 Å². The minimum atomic E-state index is 0.614. The second-order valence-electron chi connectivity index (χ2n) is 3.94. The molecule has 13 heavy (non-hydrogen) atoms. The number of nitriles is 1. The average Bonchev–Trinajstić information content (AvgIpc) is 2.19. The summed E-state index contributed by atoms with van der Waals surface area (Å²) >= 11 is 0. The van der Waals surface area contributed by atoms with Gasteiger partial charge in [-0.2, -0.15) is 5.26 Å². The van der Waals surface area contributed by atoms with Crippen LogP contribution in [0.4, 0.5) is 0 Å². The molecule has 0 N–H and O–H groups in total. The van der Waals surface area contributed by atoms with E-state index in [1.54, 1.807) is 6.26 Å². The van der Waals surface area contributed by atoms with E-state index in [-0.39, 0.29) is 0 Å². The number of ether oxygens (including phenoxy) is 1. The molecule has 1 aliphatic rings. The van der Waals surface area contributed by atoms with Gasteiger partial charge in [-0.05, 0) is 18.8 Å². The molecular formula is C11H19NO. The van der Waals surface area contributed by atoms with E-state index in [1.807, 2.05) is 0 Å². The van der Waals surface area contributed by atoms with Crippen LogP contribution in [0, 0.1) is 17.4 Å². The van der Waals surface area contributed by atoms with Gasteiger partial charge in [0.1, 0.15) is 6.61 Å². The van der Waals surface area contributed by atoms with E-state index in [4.69, 9.17) is 5.26 Å². The average molecular weight is 181 g/mol. The van der Waals surface area contributed by atoms with E-state index in [0.717, 1.165) is 12.3 Å². The van der Waals surface area contributed by atoms with Crippen molar-refractivity contribution in [3.63, 3.8) is 0 Å². The van der Waals surface area contributed by atoms with Gasteiger partial charge in [-0.3, -0.25) is 0 Å². The van der Waals surface area contributed by atoms with E-state index in [0.29, 0.717) is 6.61 Å². The fraction of sp³-hybridized carbons (Fsp3) is 0.909. The first kappa shape index (κ1) is 10.4. The van der Waals surface area contributed by atoms with Crippen LogP contribution in [-0.2, 0) is 4.74 Å². The van der Waals surface area contributed by atoms with Crippen molar-refractivity contribution in [2.45, 2.75) is 51.4 Å². The molecule has 0 spiro atoms. The Hall–Kier alpha value is -0.710. The molecule has 2 nitrogen and oxygen atoms in total. The van der Waals surface area contributed by atoms with Gasteiger partial charge in [-0.15, -0.1) is 0 Å². The van der Waals surface area contributed by atoms with Crippen molar-refractivity contribution >= 4 is 0 Å². The summed E-state index contributed by atoms with van der Waals surface area (Å²) in [6, 6.07) is 0. The number of unbranched alkanes of at least 4 members (excludes halogenated alkanes) is 1. The highest BCUT2D eigenvalue weighted by molar-refractivity contribution is 4.65. The largest absolute Gasteiger partial charge is 0.428 e. The summed E-state index contributed by atoms with van der Waals surface area (Å²) in [4.78, 5) is 0. The van der Waals surface area contributed by atoms with Gasteiger partial charge in [0, 0.05) is 0 Å². The summed E-state index contributed by atoms with van der Waals surface area (Å²) in [7, 11) is 0. The van der Waals surface area contributed by atoms with Crippen molar-refractivity contribution in [3.8, 4) is 6.26 Å². The van der Waals surface area contributed by atoms with Gasteiger partial charge < -0.3 is 4.74 Å². The lowest BCUT2D eigenvalue weighted by molar-refractivity contribution is 0.250. The molecule has 0 heterocycles. The second kappa shape index (κ2) is 6.77. The summed E-state index contributed by atoms with van der Waals surface area (Å²) in [5.74, 6) is 0.968. The fourth-order valence-electron chi connectivity index (χ4n) is 2.13. The molecule has 0 aliphatic heterocycles. The quantitative estimate of drug-likeness (QED) is 0.482. The minimum Gasteiger partial charge on any atom is -0.428 e. The van der Waals surface area contributed by atoms with Crippen molar-refractivity contribution in [2.75, 3.05) is 6.61 Å². The molecule has 2 heteroatoms. The van der Waals surface area contributed by atoms with Crippen molar-refractivity contribution in [2.24, 2.45) is 5.92 Å². The molecule has 0 unspecified atom stereocenters. The molecule has 0 aromatic rings. The van der Waals surface area contributed by atoms with Crippen molar-refractivity contribution < 1.29 is 4.74 Å². The zero-order chi connectivity index (χ0) is 9.36. The SMILES string of the molecule is N#COCCCCC1CCCCC1. The highest BCUT2D eigenvalue weighted by Gasteiger charge is 2.12. The molecule has 0 saturated heterocycles. The van der Waals surface area contributed by atoms with Crippen LogP contribution in [0.25, 0.3) is 0 Å². The van der Waals surface area contributed by atoms with Gasteiger partial charge in [-0.1, -0.05) is 38.5 Å². The first-order valence-corrected chi connectivity index (χ1v) is 5.44.